The first-order valence-electron chi connectivity index (χ1n) is 12.7. The number of benzene rings is 2. The van der Waals surface area contributed by atoms with E-state index in [9.17, 15) is 9.59 Å². The molecule has 40 heavy (non-hydrogen) atoms. The zero-order chi connectivity index (χ0) is 28.4. The predicted molar refractivity (Wildman–Crippen MR) is 149 cm³/mol. The molecule has 0 saturated carbocycles. The van der Waals surface area contributed by atoms with E-state index < -0.39 is 30.4 Å². The van der Waals surface area contributed by atoms with Crippen LogP contribution in [0.5, 0.6) is 5.88 Å². The standard InChI is InChI=1S/C28H28BrN5O6/c1-4-37-25-22-23(29)33-34(24(22)31-28(30)32-25)21-13-19(40-27(36)18-11-7-16(3)8-12-18)20(39-21)14-38-26(35)17-9-5-15(2)6-10-17/h5-12,19-21H,4,13-14H2,1-3H3,(H2,30,31,32)/t19-,20+,21+/m0/s1. The summed E-state index contributed by atoms with van der Waals surface area (Å²) >= 11 is 3.45. The number of aromatic nitrogens is 4. The number of nitrogens with zero attached hydrogens (tertiary/aromatic N) is 4. The average Bonchev–Trinajstić information content (AvgIpc) is 3.48. The van der Waals surface area contributed by atoms with Crippen molar-refractivity contribution in [3.63, 3.8) is 0 Å². The van der Waals surface area contributed by atoms with Crippen molar-refractivity contribution in [2.45, 2.75) is 45.6 Å². The van der Waals surface area contributed by atoms with Crippen molar-refractivity contribution in [1.29, 1.82) is 0 Å². The van der Waals surface area contributed by atoms with E-state index >= 15 is 0 Å². The maximum atomic E-state index is 13.0. The number of carbonyl (C=O) groups is 2. The summed E-state index contributed by atoms with van der Waals surface area (Å²) in [6, 6.07) is 14.1. The molecule has 0 radical (unpaired) electrons. The van der Waals surface area contributed by atoms with Crippen LogP contribution in [0.1, 0.15) is 51.4 Å². The number of hydrogen-bond acceptors (Lipinski definition) is 10. The molecule has 0 amide bonds. The molecule has 0 bridgehead atoms. The molecule has 5 rings (SSSR count). The topological polar surface area (TPSA) is 141 Å². The minimum Gasteiger partial charge on any atom is -0.477 e. The van der Waals surface area contributed by atoms with Crippen LogP contribution in [0.2, 0.25) is 0 Å². The first kappa shape index (κ1) is 27.5. The Morgan fingerprint density at radius 1 is 1.02 bits per heavy atom. The Morgan fingerprint density at radius 3 is 2.27 bits per heavy atom. The van der Waals surface area contributed by atoms with Crippen LogP contribution in [-0.4, -0.2) is 57.1 Å². The van der Waals surface area contributed by atoms with E-state index in [0.717, 1.165) is 11.1 Å². The molecule has 12 heteroatoms. The summed E-state index contributed by atoms with van der Waals surface area (Å²) in [4.78, 5) is 34.2. The Hall–Kier alpha value is -4.03. The van der Waals surface area contributed by atoms with Crippen LogP contribution in [0.25, 0.3) is 11.0 Å². The van der Waals surface area contributed by atoms with Crippen LogP contribution in [0.15, 0.2) is 53.1 Å². The summed E-state index contributed by atoms with van der Waals surface area (Å²) in [5.74, 6) is -0.730. The third kappa shape index (κ3) is 5.77. The van der Waals surface area contributed by atoms with Gasteiger partial charge in [-0.2, -0.15) is 15.1 Å². The van der Waals surface area contributed by atoms with E-state index in [-0.39, 0.29) is 24.9 Å². The van der Waals surface area contributed by atoms with Gasteiger partial charge in [0.1, 0.15) is 28.8 Å². The first-order chi connectivity index (χ1) is 19.2. The summed E-state index contributed by atoms with van der Waals surface area (Å²) in [5, 5.41) is 5.07. The Kier molecular flexibility index (Phi) is 7.99. The van der Waals surface area contributed by atoms with Crippen molar-refractivity contribution in [2.24, 2.45) is 0 Å². The van der Waals surface area contributed by atoms with Gasteiger partial charge >= 0.3 is 11.9 Å². The van der Waals surface area contributed by atoms with Gasteiger partial charge < -0.3 is 24.7 Å². The molecule has 1 fully saturated rings. The largest absolute Gasteiger partial charge is 0.477 e. The van der Waals surface area contributed by atoms with Gasteiger partial charge in [0.2, 0.25) is 11.8 Å². The number of nitrogen functional groups attached to an aromatic ring is 1. The molecule has 2 N–H and O–H groups in total. The van der Waals surface area contributed by atoms with Gasteiger partial charge in [0.25, 0.3) is 0 Å². The Morgan fingerprint density at radius 2 is 1.65 bits per heavy atom. The van der Waals surface area contributed by atoms with Gasteiger partial charge in [-0.25, -0.2) is 14.3 Å². The molecular formula is C28H28BrN5O6. The smallest absolute Gasteiger partial charge is 0.338 e. The summed E-state index contributed by atoms with van der Waals surface area (Å²) in [5.41, 5.74) is 9.18. The molecule has 0 aliphatic carbocycles. The number of carbonyl (C=O) groups excluding carboxylic acids is 2. The van der Waals surface area contributed by atoms with Gasteiger partial charge in [-0.1, -0.05) is 35.4 Å². The molecule has 1 aliphatic rings. The van der Waals surface area contributed by atoms with Crippen LogP contribution in [0.4, 0.5) is 5.95 Å². The fourth-order valence-electron chi connectivity index (χ4n) is 4.37. The minimum atomic E-state index is -0.766. The van der Waals surface area contributed by atoms with Crippen molar-refractivity contribution >= 4 is 44.9 Å². The highest BCUT2D eigenvalue weighted by Gasteiger charge is 2.41. The van der Waals surface area contributed by atoms with Crippen molar-refractivity contribution in [3.8, 4) is 5.88 Å². The highest BCUT2D eigenvalue weighted by atomic mass is 79.9. The summed E-state index contributed by atoms with van der Waals surface area (Å²) in [6.45, 7) is 5.92. The number of ether oxygens (including phenoxy) is 4. The van der Waals surface area contributed by atoms with E-state index in [2.05, 4.69) is 31.0 Å². The number of fused-ring (bicyclic) bond motifs is 1. The lowest BCUT2D eigenvalue weighted by Crippen LogP contribution is -2.32. The summed E-state index contributed by atoms with van der Waals surface area (Å²) < 4.78 is 25.3. The lowest BCUT2D eigenvalue weighted by Gasteiger charge is -2.19. The maximum absolute atomic E-state index is 13.0. The molecule has 1 saturated heterocycles. The number of anilines is 1. The fourth-order valence-corrected chi connectivity index (χ4v) is 4.89. The maximum Gasteiger partial charge on any atom is 0.338 e. The lowest BCUT2D eigenvalue weighted by molar-refractivity contribution is -0.0591. The molecular weight excluding hydrogens is 582 g/mol. The van der Waals surface area contributed by atoms with Crippen LogP contribution in [-0.2, 0) is 14.2 Å². The second-order valence-electron chi connectivity index (χ2n) is 9.39. The molecule has 0 spiro atoms. The second-order valence-corrected chi connectivity index (χ2v) is 10.1. The van der Waals surface area contributed by atoms with Crippen molar-refractivity contribution in [3.05, 3.63) is 75.4 Å². The predicted octanol–water partition coefficient (Wildman–Crippen LogP) is 4.56. The van der Waals surface area contributed by atoms with Crippen molar-refractivity contribution in [2.75, 3.05) is 18.9 Å². The molecule has 4 aromatic rings. The zero-order valence-corrected chi connectivity index (χ0v) is 23.8. The van der Waals surface area contributed by atoms with Crippen LogP contribution in [0, 0.1) is 13.8 Å². The van der Waals surface area contributed by atoms with Gasteiger partial charge in [0, 0.05) is 6.42 Å². The minimum absolute atomic E-state index is 0.00789. The Bertz CT molecular complexity index is 1540. The van der Waals surface area contributed by atoms with Crippen LogP contribution < -0.4 is 10.5 Å². The third-order valence-corrected chi connectivity index (χ3v) is 6.99. The highest BCUT2D eigenvalue weighted by molar-refractivity contribution is 9.10. The van der Waals surface area contributed by atoms with Gasteiger partial charge in [-0.05, 0) is 61.0 Å². The van der Waals surface area contributed by atoms with Crippen molar-refractivity contribution < 1.29 is 28.5 Å². The Balaban J connectivity index is 1.41. The molecule has 0 unspecified atom stereocenters. The molecule has 208 valence electrons. The van der Waals surface area contributed by atoms with Crippen molar-refractivity contribution in [1.82, 2.24) is 19.7 Å². The number of esters is 2. The fraction of sp³-hybridized carbons (Fsp3) is 0.321. The van der Waals surface area contributed by atoms with Gasteiger partial charge in [0.15, 0.2) is 11.9 Å². The van der Waals surface area contributed by atoms with Gasteiger partial charge in [-0.15, -0.1) is 0 Å². The number of aryl methyl sites for hydroxylation is 2. The highest BCUT2D eigenvalue weighted by Crippen LogP contribution is 2.37. The number of nitrogens with two attached hydrogens (primary N) is 1. The molecule has 11 nitrogen and oxygen atoms in total. The summed E-state index contributed by atoms with van der Waals surface area (Å²) in [6.07, 6.45) is -2.00. The van der Waals surface area contributed by atoms with Crippen LogP contribution in [0.3, 0.4) is 0 Å². The first-order valence-corrected chi connectivity index (χ1v) is 13.5. The Labute approximate surface area is 238 Å². The van der Waals surface area contributed by atoms with E-state index in [1.165, 1.54) is 4.68 Å². The second kappa shape index (κ2) is 11.6. The quantitative estimate of drug-likeness (QED) is 0.283. The molecule has 2 aromatic carbocycles. The third-order valence-electron chi connectivity index (χ3n) is 6.44. The lowest BCUT2D eigenvalue weighted by atomic mass is 10.1. The monoisotopic (exact) mass is 609 g/mol. The molecule has 2 aromatic heterocycles. The van der Waals surface area contributed by atoms with E-state index in [1.807, 2.05) is 45.0 Å². The number of halogens is 1. The normalized spacial score (nSPS) is 18.6. The number of hydrogen-bond donors (Lipinski definition) is 1. The van der Waals surface area contributed by atoms with Gasteiger partial charge in [-0.3, -0.25) is 0 Å². The zero-order valence-electron chi connectivity index (χ0n) is 22.2. The van der Waals surface area contributed by atoms with E-state index in [0.29, 0.717) is 33.4 Å². The number of rotatable bonds is 8. The SMILES string of the molecule is CCOc1nc(N)nc2c1c(Br)nn2[C@H]1C[C@H](OC(=O)c2ccc(C)cc2)[C@@H](COC(=O)c2ccc(C)cc2)O1. The molecule has 3 heterocycles. The average molecular weight is 610 g/mol. The van der Waals surface area contributed by atoms with E-state index in [4.69, 9.17) is 24.7 Å². The van der Waals surface area contributed by atoms with Crippen LogP contribution >= 0.6 is 15.9 Å². The molecule has 1 aliphatic heterocycles. The van der Waals surface area contributed by atoms with E-state index in [1.54, 1.807) is 24.3 Å². The van der Waals surface area contributed by atoms with Gasteiger partial charge in [0.05, 0.1) is 17.7 Å². The summed E-state index contributed by atoms with van der Waals surface area (Å²) in [7, 11) is 0. The molecule has 3 atom stereocenters.